The van der Waals surface area contributed by atoms with Gasteiger partial charge in [-0.15, -0.1) is 0 Å². The van der Waals surface area contributed by atoms with Crippen molar-refractivity contribution < 1.29 is 14.2 Å². The fraction of sp³-hybridized carbons (Fsp3) is 0.667. The van der Waals surface area contributed by atoms with Crippen molar-refractivity contribution in [3.63, 3.8) is 0 Å². The zero-order chi connectivity index (χ0) is 16.9. The summed E-state index contributed by atoms with van der Waals surface area (Å²) in [5.74, 6) is 1.27. The Morgan fingerprint density at radius 3 is 2.62 bits per heavy atom. The second kappa shape index (κ2) is 6.24. The van der Waals surface area contributed by atoms with E-state index in [4.69, 9.17) is 37.4 Å². The Kier molecular flexibility index (Phi) is 4.36. The van der Waals surface area contributed by atoms with Crippen LogP contribution in [0.3, 0.4) is 0 Å². The average Bonchev–Trinajstić information content (AvgIpc) is 2.52. The molecule has 1 saturated carbocycles. The lowest BCUT2D eigenvalue weighted by molar-refractivity contribution is -0.221. The van der Waals surface area contributed by atoms with Gasteiger partial charge in [0.2, 0.25) is 5.72 Å². The second-order valence-corrected chi connectivity index (χ2v) is 8.02. The minimum atomic E-state index is -0.463. The van der Waals surface area contributed by atoms with Crippen LogP contribution in [0, 0.1) is 0 Å². The first-order valence-electron chi connectivity index (χ1n) is 8.73. The predicted octanol–water partition coefficient (Wildman–Crippen LogP) is 4.51. The Morgan fingerprint density at radius 1 is 1.12 bits per heavy atom. The third kappa shape index (κ3) is 2.78. The van der Waals surface area contributed by atoms with E-state index in [1.165, 1.54) is 0 Å². The fourth-order valence-electron chi connectivity index (χ4n) is 4.33. The number of ether oxygens (including phenoxy) is 3. The molecule has 1 saturated heterocycles. The van der Waals surface area contributed by atoms with Crippen molar-refractivity contribution in [1.82, 2.24) is 4.90 Å². The molecule has 6 heteroatoms. The van der Waals surface area contributed by atoms with Crippen LogP contribution in [0.1, 0.15) is 39.5 Å². The zero-order valence-electron chi connectivity index (χ0n) is 14.1. The van der Waals surface area contributed by atoms with Gasteiger partial charge in [0.05, 0.1) is 17.2 Å². The van der Waals surface area contributed by atoms with Gasteiger partial charge in [0.1, 0.15) is 0 Å². The molecule has 0 amide bonds. The van der Waals surface area contributed by atoms with Crippen LogP contribution in [-0.4, -0.2) is 42.0 Å². The normalized spacial score (nSPS) is 36.2. The summed E-state index contributed by atoms with van der Waals surface area (Å²) in [6.45, 7) is 5.90. The van der Waals surface area contributed by atoms with E-state index >= 15 is 0 Å². The maximum absolute atomic E-state index is 6.60. The molecule has 0 aromatic heterocycles. The van der Waals surface area contributed by atoms with E-state index in [2.05, 4.69) is 18.7 Å². The summed E-state index contributed by atoms with van der Waals surface area (Å²) in [6.07, 6.45) is 4.53. The van der Waals surface area contributed by atoms with Crippen molar-refractivity contribution in [2.45, 2.75) is 63.6 Å². The first-order chi connectivity index (χ1) is 11.5. The molecular weight excluding hydrogens is 349 g/mol. The van der Waals surface area contributed by atoms with Gasteiger partial charge in [0.15, 0.2) is 17.6 Å². The first-order valence-corrected chi connectivity index (χ1v) is 9.49. The van der Waals surface area contributed by atoms with Crippen LogP contribution >= 0.6 is 23.2 Å². The number of halogens is 2. The zero-order valence-corrected chi connectivity index (χ0v) is 15.6. The summed E-state index contributed by atoms with van der Waals surface area (Å²) in [7, 11) is 0. The number of morpholine rings is 1. The quantitative estimate of drug-likeness (QED) is 0.726. The first kappa shape index (κ1) is 16.8. The Hall–Kier alpha value is -0.680. The summed E-state index contributed by atoms with van der Waals surface area (Å²) in [4.78, 5) is 2.41. The third-order valence-electron chi connectivity index (χ3n) is 5.23. The average molecular weight is 372 g/mol. The molecule has 132 valence electrons. The molecule has 3 aliphatic rings. The number of rotatable bonds is 1. The van der Waals surface area contributed by atoms with Gasteiger partial charge in [-0.25, -0.2) is 0 Å². The van der Waals surface area contributed by atoms with Gasteiger partial charge in [0, 0.05) is 30.6 Å². The van der Waals surface area contributed by atoms with Gasteiger partial charge in [-0.3, -0.25) is 4.90 Å². The monoisotopic (exact) mass is 371 g/mol. The molecule has 4 rings (SSSR count). The van der Waals surface area contributed by atoms with E-state index in [0.717, 1.165) is 38.8 Å². The molecule has 4 nitrogen and oxygen atoms in total. The Labute approximate surface area is 153 Å². The molecule has 4 atom stereocenters. The predicted molar refractivity (Wildman–Crippen MR) is 94.3 cm³/mol. The smallest absolute Gasteiger partial charge is 0.200 e. The molecule has 1 aromatic rings. The lowest BCUT2D eigenvalue weighted by atomic mass is 9.85. The second-order valence-electron chi connectivity index (χ2n) is 7.18. The van der Waals surface area contributed by atoms with Crippen LogP contribution in [0.25, 0.3) is 0 Å². The maximum atomic E-state index is 6.60. The van der Waals surface area contributed by atoms with Gasteiger partial charge in [-0.1, -0.05) is 23.2 Å². The van der Waals surface area contributed by atoms with Gasteiger partial charge >= 0.3 is 0 Å². The highest BCUT2D eigenvalue weighted by atomic mass is 35.5. The molecule has 24 heavy (non-hydrogen) atoms. The summed E-state index contributed by atoms with van der Waals surface area (Å²) < 4.78 is 18.9. The molecule has 4 unspecified atom stereocenters. The largest absolute Gasteiger partial charge is 0.481 e. The summed E-state index contributed by atoms with van der Waals surface area (Å²) in [5, 5.41) is 1.08. The van der Waals surface area contributed by atoms with Gasteiger partial charge in [-0.2, -0.15) is 0 Å². The molecule has 2 fully saturated rings. The van der Waals surface area contributed by atoms with Gasteiger partial charge < -0.3 is 14.2 Å². The Bertz CT molecular complexity index is 631. The number of benzene rings is 1. The molecular formula is C18H23Cl2NO3. The van der Waals surface area contributed by atoms with Crippen molar-refractivity contribution in [2.24, 2.45) is 0 Å². The number of hydrogen-bond donors (Lipinski definition) is 0. The summed E-state index contributed by atoms with van der Waals surface area (Å²) >= 11 is 12.5. The lowest BCUT2D eigenvalue weighted by Crippen LogP contribution is -2.68. The van der Waals surface area contributed by atoms with Crippen LogP contribution in [0.2, 0.25) is 10.0 Å². The standard InChI is InChI=1S/C18H23Cl2NO3/c1-11-9-21(10-12(2)22-11)18-6-4-3-5-16(18)23-15-8-13(19)7-14(20)17(15)24-18/h7-8,11-12,16H,3-6,9-10H2,1-2H3. The van der Waals surface area contributed by atoms with Crippen molar-refractivity contribution in [2.75, 3.05) is 13.1 Å². The van der Waals surface area contributed by atoms with Crippen LogP contribution in [0.5, 0.6) is 11.5 Å². The van der Waals surface area contributed by atoms with Crippen LogP contribution in [0.4, 0.5) is 0 Å². The Morgan fingerprint density at radius 2 is 1.88 bits per heavy atom. The Balaban J connectivity index is 1.74. The van der Waals surface area contributed by atoms with E-state index in [9.17, 15) is 0 Å². The van der Waals surface area contributed by atoms with E-state index in [1.807, 2.05) is 0 Å². The molecule has 0 N–H and O–H groups in total. The topological polar surface area (TPSA) is 30.9 Å². The van der Waals surface area contributed by atoms with Crippen molar-refractivity contribution in [3.05, 3.63) is 22.2 Å². The van der Waals surface area contributed by atoms with E-state index in [0.29, 0.717) is 21.5 Å². The SMILES string of the molecule is CC1CN(C23CCCCC2Oc2cc(Cl)cc(Cl)c2O3)CC(C)O1. The minimum absolute atomic E-state index is 0.00853. The lowest BCUT2D eigenvalue weighted by Gasteiger charge is -2.54. The minimum Gasteiger partial charge on any atom is -0.481 e. The summed E-state index contributed by atoms with van der Waals surface area (Å²) in [5.41, 5.74) is -0.463. The fourth-order valence-corrected chi connectivity index (χ4v) is 4.84. The van der Waals surface area contributed by atoms with Crippen LogP contribution in [-0.2, 0) is 4.74 Å². The van der Waals surface area contributed by atoms with Gasteiger partial charge in [-0.05, 0) is 39.2 Å². The van der Waals surface area contributed by atoms with Crippen molar-refractivity contribution >= 4 is 23.2 Å². The molecule has 2 aliphatic heterocycles. The van der Waals surface area contributed by atoms with Crippen LogP contribution in [0.15, 0.2) is 12.1 Å². The molecule has 0 spiro atoms. The number of nitrogens with zero attached hydrogens (tertiary/aromatic N) is 1. The number of hydrogen-bond acceptors (Lipinski definition) is 4. The maximum Gasteiger partial charge on any atom is 0.200 e. The van der Waals surface area contributed by atoms with Gasteiger partial charge in [0.25, 0.3) is 0 Å². The molecule has 2 heterocycles. The highest BCUT2D eigenvalue weighted by Gasteiger charge is 2.54. The van der Waals surface area contributed by atoms with Crippen molar-refractivity contribution in [1.29, 1.82) is 0 Å². The summed E-state index contributed by atoms with van der Waals surface area (Å²) in [6, 6.07) is 3.51. The van der Waals surface area contributed by atoms with E-state index < -0.39 is 5.72 Å². The molecule has 1 aromatic carbocycles. The third-order valence-corrected chi connectivity index (χ3v) is 5.73. The highest BCUT2D eigenvalue weighted by molar-refractivity contribution is 6.35. The number of fused-ring (bicyclic) bond motifs is 2. The molecule has 1 aliphatic carbocycles. The van der Waals surface area contributed by atoms with E-state index in [-0.39, 0.29) is 18.3 Å². The van der Waals surface area contributed by atoms with Crippen LogP contribution < -0.4 is 9.47 Å². The van der Waals surface area contributed by atoms with Crippen molar-refractivity contribution in [3.8, 4) is 11.5 Å². The molecule has 0 radical (unpaired) electrons. The molecule has 0 bridgehead atoms. The highest BCUT2D eigenvalue weighted by Crippen LogP contribution is 2.50. The van der Waals surface area contributed by atoms with E-state index in [1.54, 1.807) is 12.1 Å².